The maximum absolute atomic E-state index is 12.1. The molecule has 2 fully saturated rings. The van der Waals surface area contributed by atoms with Gasteiger partial charge in [-0.3, -0.25) is 4.79 Å². The van der Waals surface area contributed by atoms with Crippen LogP contribution in [0.3, 0.4) is 0 Å². The molecule has 88 valence electrons. The van der Waals surface area contributed by atoms with Crippen LogP contribution in [-0.2, 0) is 9.53 Å². The zero-order valence-corrected chi connectivity index (χ0v) is 9.50. The Morgan fingerprint density at radius 2 is 2.12 bits per heavy atom. The van der Waals surface area contributed by atoms with Gasteiger partial charge < -0.3 is 10.1 Å². The van der Waals surface area contributed by atoms with Crippen molar-refractivity contribution in [3.63, 3.8) is 0 Å². The van der Waals surface area contributed by atoms with Crippen molar-refractivity contribution in [3.05, 3.63) is 0 Å². The van der Waals surface area contributed by atoms with Crippen molar-refractivity contribution in [2.45, 2.75) is 44.6 Å². The minimum Gasteiger partial charge on any atom is -0.379 e. The van der Waals surface area contributed by atoms with Crippen molar-refractivity contribution >= 4 is 5.91 Å². The molecule has 1 unspecified atom stereocenters. The Bertz CT molecular complexity index is 297. The van der Waals surface area contributed by atoms with Crippen LogP contribution in [0.15, 0.2) is 0 Å². The number of nitrogens with one attached hydrogen (secondary N) is 1. The lowest BCUT2D eigenvalue weighted by molar-refractivity contribution is -0.130. The van der Waals surface area contributed by atoms with Gasteiger partial charge in [-0.15, -0.1) is 0 Å². The predicted molar refractivity (Wildman–Crippen MR) is 58.5 cm³/mol. The van der Waals surface area contributed by atoms with Crippen LogP contribution in [-0.4, -0.2) is 25.2 Å². The molecule has 1 aliphatic carbocycles. The van der Waals surface area contributed by atoms with E-state index in [1.165, 1.54) is 0 Å². The number of carbonyl (C=O) groups is 1. The van der Waals surface area contributed by atoms with E-state index in [1.807, 2.05) is 0 Å². The molecule has 16 heavy (non-hydrogen) atoms. The monoisotopic (exact) mass is 222 g/mol. The van der Waals surface area contributed by atoms with Gasteiger partial charge in [-0.05, 0) is 19.3 Å². The summed E-state index contributed by atoms with van der Waals surface area (Å²) in [6.45, 7) is 1.30. The summed E-state index contributed by atoms with van der Waals surface area (Å²) in [6, 6.07) is 2.35. The average molecular weight is 222 g/mol. The summed E-state index contributed by atoms with van der Waals surface area (Å²) in [6.07, 6.45) is 5.41. The van der Waals surface area contributed by atoms with Crippen LogP contribution in [0, 0.1) is 16.7 Å². The highest BCUT2D eigenvalue weighted by molar-refractivity contribution is 5.85. The van der Waals surface area contributed by atoms with E-state index in [0.29, 0.717) is 26.1 Å². The van der Waals surface area contributed by atoms with Crippen molar-refractivity contribution in [1.29, 1.82) is 5.26 Å². The molecule has 1 amide bonds. The van der Waals surface area contributed by atoms with Gasteiger partial charge in [0.2, 0.25) is 5.91 Å². The molecular weight excluding hydrogens is 204 g/mol. The summed E-state index contributed by atoms with van der Waals surface area (Å²) in [4.78, 5) is 12.1. The van der Waals surface area contributed by atoms with Crippen LogP contribution >= 0.6 is 0 Å². The summed E-state index contributed by atoms with van der Waals surface area (Å²) < 4.78 is 5.21. The van der Waals surface area contributed by atoms with Crippen LogP contribution in [0.5, 0.6) is 0 Å². The van der Waals surface area contributed by atoms with E-state index in [2.05, 4.69) is 11.4 Å². The van der Waals surface area contributed by atoms with Gasteiger partial charge in [0.1, 0.15) is 5.41 Å². The minimum absolute atomic E-state index is 0.0785. The highest BCUT2D eigenvalue weighted by Gasteiger charge is 2.40. The zero-order valence-electron chi connectivity index (χ0n) is 9.50. The molecule has 1 aliphatic heterocycles. The predicted octanol–water partition coefficient (Wildman–Crippen LogP) is 1.37. The number of amides is 1. The van der Waals surface area contributed by atoms with Crippen LogP contribution in [0.25, 0.3) is 0 Å². The fraction of sp³-hybridized carbons (Fsp3) is 0.833. The lowest BCUT2D eigenvalue weighted by atomic mass is 9.74. The van der Waals surface area contributed by atoms with Gasteiger partial charge in [0.25, 0.3) is 0 Å². The fourth-order valence-corrected chi connectivity index (χ4v) is 2.52. The summed E-state index contributed by atoms with van der Waals surface area (Å²) >= 11 is 0. The average Bonchev–Trinajstić information content (AvgIpc) is 2.82. The Kier molecular flexibility index (Phi) is 3.45. The molecule has 0 aromatic rings. The van der Waals surface area contributed by atoms with Crippen molar-refractivity contribution < 1.29 is 9.53 Å². The summed E-state index contributed by atoms with van der Waals surface area (Å²) in [7, 11) is 0. The quantitative estimate of drug-likeness (QED) is 0.767. The van der Waals surface area contributed by atoms with Gasteiger partial charge >= 0.3 is 0 Å². The highest BCUT2D eigenvalue weighted by Crippen LogP contribution is 2.36. The molecule has 2 aliphatic rings. The summed E-state index contributed by atoms with van der Waals surface area (Å²) in [5.41, 5.74) is -0.763. The number of carbonyl (C=O) groups excluding carboxylic acids is 1. The molecule has 0 radical (unpaired) electrons. The molecule has 1 heterocycles. The van der Waals surface area contributed by atoms with Gasteiger partial charge in [0, 0.05) is 6.61 Å². The summed E-state index contributed by atoms with van der Waals surface area (Å²) in [5.74, 6) is -0.0785. The Labute approximate surface area is 96.0 Å². The van der Waals surface area contributed by atoms with Crippen LogP contribution in [0.1, 0.15) is 38.5 Å². The SMILES string of the molecule is N#CC1(C(=O)NC2CCOC2)CCCCC1. The van der Waals surface area contributed by atoms with Crippen molar-refractivity contribution in [3.8, 4) is 6.07 Å². The van der Waals surface area contributed by atoms with Crippen LogP contribution < -0.4 is 5.32 Å². The van der Waals surface area contributed by atoms with Crippen LogP contribution in [0.4, 0.5) is 0 Å². The molecule has 0 spiro atoms. The first-order chi connectivity index (χ1) is 7.77. The van der Waals surface area contributed by atoms with Gasteiger partial charge in [0.15, 0.2) is 0 Å². The maximum Gasteiger partial charge on any atom is 0.240 e. The molecule has 4 nitrogen and oxygen atoms in total. The second-order valence-electron chi connectivity index (χ2n) is 4.79. The smallest absolute Gasteiger partial charge is 0.240 e. The Balaban J connectivity index is 1.97. The van der Waals surface area contributed by atoms with E-state index in [1.54, 1.807) is 0 Å². The van der Waals surface area contributed by atoms with Crippen molar-refractivity contribution in [2.24, 2.45) is 5.41 Å². The second-order valence-corrected chi connectivity index (χ2v) is 4.79. The third-order valence-corrected chi connectivity index (χ3v) is 3.62. The largest absolute Gasteiger partial charge is 0.379 e. The van der Waals surface area contributed by atoms with E-state index in [4.69, 9.17) is 4.74 Å². The first kappa shape index (κ1) is 11.4. The molecule has 4 heteroatoms. The zero-order chi connectivity index (χ0) is 11.4. The topological polar surface area (TPSA) is 62.1 Å². The molecular formula is C12H18N2O2. The van der Waals surface area contributed by atoms with E-state index < -0.39 is 5.41 Å². The molecule has 2 rings (SSSR count). The van der Waals surface area contributed by atoms with Crippen LogP contribution in [0.2, 0.25) is 0 Å². The van der Waals surface area contributed by atoms with E-state index in [0.717, 1.165) is 25.7 Å². The third-order valence-electron chi connectivity index (χ3n) is 3.62. The van der Waals surface area contributed by atoms with Crippen molar-refractivity contribution in [1.82, 2.24) is 5.32 Å². The van der Waals surface area contributed by atoms with Gasteiger partial charge in [0.05, 0.1) is 18.7 Å². The van der Waals surface area contributed by atoms with Gasteiger partial charge in [-0.2, -0.15) is 5.26 Å². The van der Waals surface area contributed by atoms with Gasteiger partial charge in [-0.25, -0.2) is 0 Å². The Morgan fingerprint density at radius 1 is 1.38 bits per heavy atom. The number of hydrogen-bond acceptors (Lipinski definition) is 3. The van der Waals surface area contributed by atoms with Gasteiger partial charge in [-0.1, -0.05) is 19.3 Å². The molecule has 1 N–H and O–H groups in total. The maximum atomic E-state index is 12.1. The second kappa shape index (κ2) is 4.84. The molecule has 0 aromatic carbocycles. The molecule has 1 atom stereocenters. The summed E-state index contributed by atoms with van der Waals surface area (Å²) in [5, 5.41) is 12.2. The number of rotatable bonds is 2. The molecule has 0 bridgehead atoms. The normalized spacial score (nSPS) is 28.3. The van der Waals surface area contributed by atoms with E-state index >= 15 is 0 Å². The molecule has 1 saturated heterocycles. The third kappa shape index (κ3) is 2.19. The Hall–Kier alpha value is -1.08. The first-order valence-corrected chi connectivity index (χ1v) is 6.07. The molecule has 0 aromatic heterocycles. The highest BCUT2D eigenvalue weighted by atomic mass is 16.5. The number of nitrogens with zero attached hydrogens (tertiary/aromatic N) is 1. The van der Waals surface area contributed by atoms with E-state index in [-0.39, 0.29) is 11.9 Å². The fourth-order valence-electron chi connectivity index (χ4n) is 2.52. The van der Waals surface area contributed by atoms with E-state index in [9.17, 15) is 10.1 Å². The Morgan fingerprint density at radius 3 is 2.69 bits per heavy atom. The number of nitriles is 1. The number of ether oxygens (including phenoxy) is 1. The first-order valence-electron chi connectivity index (χ1n) is 6.07. The lowest BCUT2D eigenvalue weighted by Crippen LogP contribution is -2.46. The molecule has 1 saturated carbocycles. The standard InChI is InChI=1S/C12H18N2O2/c13-9-12(5-2-1-3-6-12)11(15)14-10-4-7-16-8-10/h10H,1-8H2,(H,14,15). The minimum atomic E-state index is -0.763. The van der Waals surface area contributed by atoms with Crippen molar-refractivity contribution in [2.75, 3.05) is 13.2 Å². The lowest BCUT2D eigenvalue weighted by Gasteiger charge is -2.30. The number of hydrogen-bond donors (Lipinski definition) is 1.